The minimum atomic E-state index is 0.295. The second-order valence-corrected chi connectivity index (χ2v) is 3.02. The first-order valence-corrected chi connectivity index (χ1v) is 4.76. The number of ether oxygens (including phenoxy) is 2. The van der Waals surface area contributed by atoms with Crippen molar-refractivity contribution >= 4 is 0 Å². The van der Waals surface area contributed by atoms with Gasteiger partial charge in [0.2, 0.25) is 0 Å². The number of rotatable bonds is 8. The van der Waals surface area contributed by atoms with E-state index in [2.05, 4.69) is 5.32 Å². The van der Waals surface area contributed by atoms with Gasteiger partial charge in [-0.05, 0) is 20.9 Å². The highest BCUT2D eigenvalue weighted by Gasteiger charge is 1.91. The van der Waals surface area contributed by atoms with Crippen LogP contribution in [0.3, 0.4) is 0 Å². The normalized spacial score (nSPS) is 11.7. The van der Waals surface area contributed by atoms with Crippen molar-refractivity contribution in [1.82, 2.24) is 5.32 Å². The predicted octanol–water partition coefficient (Wildman–Crippen LogP) is 1.20. The Morgan fingerprint density at radius 1 is 1.23 bits per heavy atom. The molecule has 3 heteroatoms. The van der Waals surface area contributed by atoms with Crippen molar-refractivity contribution in [2.75, 3.05) is 33.4 Å². The van der Waals surface area contributed by atoms with Crippen LogP contribution in [0.1, 0.15) is 13.8 Å². The lowest BCUT2D eigenvalue weighted by Crippen LogP contribution is -2.09. The van der Waals surface area contributed by atoms with Crippen molar-refractivity contribution in [3.63, 3.8) is 0 Å². The SMILES string of the molecule is CNC/C=C\COCCOC(C)C. The monoisotopic (exact) mass is 187 g/mol. The molecule has 0 amide bonds. The molecule has 0 aliphatic heterocycles. The maximum absolute atomic E-state index is 5.31. The molecule has 0 aromatic heterocycles. The third-order valence-electron chi connectivity index (χ3n) is 1.38. The van der Waals surface area contributed by atoms with E-state index < -0.39 is 0 Å². The van der Waals surface area contributed by atoms with Crippen LogP contribution < -0.4 is 5.32 Å². The summed E-state index contributed by atoms with van der Waals surface area (Å²) in [7, 11) is 1.92. The highest BCUT2D eigenvalue weighted by molar-refractivity contribution is 4.82. The quantitative estimate of drug-likeness (QED) is 0.457. The number of likely N-dealkylation sites (N-methyl/N-ethyl adjacent to an activating group) is 1. The Balaban J connectivity index is 2.99. The standard InChI is InChI=1S/C10H21NO2/c1-10(2)13-9-8-12-7-5-4-6-11-3/h4-5,10-11H,6-9H2,1-3H3/b5-4-. The molecule has 0 atom stereocenters. The van der Waals surface area contributed by atoms with Crippen molar-refractivity contribution < 1.29 is 9.47 Å². The van der Waals surface area contributed by atoms with Crippen LogP contribution in [-0.2, 0) is 9.47 Å². The fourth-order valence-corrected chi connectivity index (χ4v) is 0.763. The fourth-order valence-electron chi connectivity index (χ4n) is 0.763. The third kappa shape index (κ3) is 11.6. The Morgan fingerprint density at radius 3 is 2.62 bits per heavy atom. The lowest BCUT2D eigenvalue weighted by Gasteiger charge is -2.06. The van der Waals surface area contributed by atoms with Gasteiger partial charge in [0.25, 0.3) is 0 Å². The second-order valence-electron chi connectivity index (χ2n) is 3.02. The van der Waals surface area contributed by atoms with Gasteiger partial charge in [-0.15, -0.1) is 0 Å². The van der Waals surface area contributed by atoms with E-state index in [0.29, 0.717) is 25.9 Å². The highest BCUT2D eigenvalue weighted by atomic mass is 16.5. The average Bonchev–Trinajstić information content (AvgIpc) is 2.09. The Morgan fingerprint density at radius 2 is 2.00 bits per heavy atom. The molecular weight excluding hydrogens is 166 g/mol. The molecular formula is C10H21NO2. The zero-order chi connectivity index (χ0) is 9.94. The molecule has 13 heavy (non-hydrogen) atoms. The van der Waals surface area contributed by atoms with Crippen LogP contribution >= 0.6 is 0 Å². The summed E-state index contributed by atoms with van der Waals surface area (Å²) in [6.07, 6.45) is 4.35. The second kappa shape index (κ2) is 9.71. The summed E-state index contributed by atoms with van der Waals surface area (Å²) in [5, 5.41) is 3.02. The van der Waals surface area contributed by atoms with E-state index in [4.69, 9.17) is 9.47 Å². The lowest BCUT2D eigenvalue weighted by molar-refractivity contribution is 0.0268. The van der Waals surface area contributed by atoms with E-state index in [-0.39, 0.29) is 0 Å². The topological polar surface area (TPSA) is 30.5 Å². The molecule has 0 heterocycles. The molecule has 0 saturated carbocycles. The van der Waals surface area contributed by atoms with Gasteiger partial charge in [-0.3, -0.25) is 0 Å². The molecule has 0 unspecified atom stereocenters. The Hall–Kier alpha value is -0.380. The van der Waals surface area contributed by atoms with Crippen molar-refractivity contribution in [3.8, 4) is 0 Å². The van der Waals surface area contributed by atoms with Crippen molar-refractivity contribution in [2.45, 2.75) is 20.0 Å². The Bertz CT molecular complexity index is 124. The Kier molecular flexibility index (Phi) is 9.42. The van der Waals surface area contributed by atoms with Crippen LogP contribution in [0.5, 0.6) is 0 Å². The first-order chi connectivity index (χ1) is 6.27. The average molecular weight is 187 g/mol. The van der Waals surface area contributed by atoms with Crippen molar-refractivity contribution in [3.05, 3.63) is 12.2 Å². The lowest BCUT2D eigenvalue weighted by atomic mass is 10.5. The van der Waals surface area contributed by atoms with Crippen LogP contribution in [-0.4, -0.2) is 39.5 Å². The molecule has 0 fully saturated rings. The van der Waals surface area contributed by atoms with E-state index in [9.17, 15) is 0 Å². The number of hydrogen-bond acceptors (Lipinski definition) is 3. The summed E-state index contributed by atoms with van der Waals surface area (Å²) in [5.41, 5.74) is 0. The molecule has 0 spiro atoms. The zero-order valence-corrected chi connectivity index (χ0v) is 8.88. The van der Waals surface area contributed by atoms with E-state index in [1.54, 1.807) is 0 Å². The summed E-state index contributed by atoms with van der Waals surface area (Å²) in [6.45, 7) is 6.95. The molecule has 0 bridgehead atoms. The van der Waals surface area contributed by atoms with Crippen LogP contribution in [0.25, 0.3) is 0 Å². The molecule has 0 radical (unpaired) electrons. The van der Waals surface area contributed by atoms with Gasteiger partial charge < -0.3 is 14.8 Å². The van der Waals surface area contributed by atoms with Crippen molar-refractivity contribution in [1.29, 1.82) is 0 Å². The first-order valence-electron chi connectivity index (χ1n) is 4.76. The molecule has 0 saturated heterocycles. The number of hydrogen-bond donors (Lipinski definition) is 1. The molecule has 3 nitrogen and oxygen atoms in total. The third-order valence-corrected chi connectivity index (χ3v) is 1.38. The van der Waals surface area contributed by atoms with Crippen molar-refractivity contribution in [2.24, 2.45) is 0 Å². The first kappa shape index (κ1) is 12.6. The molecule has 78 valence electrons. The predicted molar refractivity (Wildman–Crippen MR) is 55.0 cm³/mol. The van der Waals surface area contributed by atoms with E-state index >= 15 is 0 Å². The molecule has 0 aliphatic rings. The van der Waals surface area contributed by atoms with Crippen LogP contribution in [0.4, 0.5) is 0 Å². The molecule has 0 aromatic carbocycles. The van der Waals surface area contributed by atoms with Crippen LogP contribution in [0, 0.1) is 0 Å². The zero-order valence-electron chi connectivity index (χ0n) is 8.88. The summed E-state index contributed by atoms with van der Waals surface area (Å²) in [4.78, 5) is 0. The van der Waals surface area contributed by atoms with Gasteiger partial charge in [0, 0.05) is 6.54 Å². The molecule has 0 aliphatic carbocycles. The summed E-state index contributed by atoms with van der Waals surface area (Å²) in [6, 6.07) is 0. The Labute approximate surface area is 81.1 Å². The maximum Gasteiger partial charge on any atom is 0.0704 e. The van der Waals surface area contributed by atoms with Crippen LogP contribution in [0.2, 0.25) is 0 Å². The van der Waals surface area contributed by atoms with Gasteiger partial charge in [-0.1, -0.05) is 12.2 Å². The van der Waals surface area contributed by atoms with Gasteiger partial charge >= 0.3 is 0 Å². The van der Waals surface area contributed by atoms with Gasteiger partial charge in [-0.2, -0.15) is 0 Å². The maximum atomic E-state index is 5.31. The minimum Gasteiger partial charge on any atom is -0.376 e. The molecule has 1 N–H and O–H groups in total. The molecule has 0 aromatic rings. The van der Waals surface area contributed by atoms with E-state index in [1.807, 2.05) is 33.0 Å². The molecule has 0 rings (SSSR count). The van der Waals surface area contributed by atoms with Gasteiger partial charge in [0.05, 0.1) is 25.9 Å². The number of nitrogens with one attached hydrogen (secondary N) is 1. The van der Waals surface area contributed by atoms with E-state index in [0.717, 1.165) is 6.54 Å². The summed E-state index contributed by atoms with van der Waals surface area (Å²) in [5.74, 6) is 0. The van der Waals surface area contributed by atoms with Gasteiger partial charge in [-0.25, -0.2) is 0 Å². The summed E-state index contributed by atoms with van der Waals surface area (Å²) < 4.78 is 10.6. The van der Waals surface area contributed by atoms with E-state index in [1.165, 1.54) is 0 Å². The summed E-state index contributed by atoms with van der Waals surface area (Å²) >= 11 is 0. The smallest absolute Gasteiger partial charge is 0.0704 e. The highest BCUT2D eigenvalue weighted by Crippen LogP contribution is 1.87. The minimum absolute atomic E-state index is 0.295. The largest absolute Gasteiger partial charge is 0.376 e. The van der Waals surface area contributed by atoms with Gasteiger partial charge in [0.1, 0.15) is 0 Å². The fraction of sp³-hybridized carbons (Fsp3) is 0.800. The van der Waals surface area contributed by atoms with Crippen LogP contribution in [0.15, 0.2) is 12.2 Å². The van der Waals surface area contributed by atoms with Gasteiger partial charge in [0.15, 0.2) is 0 Å².